The first-order chi connectivity index (χ1) is 13.4. The highest BCUT2D eigenvalue weighted by molar-refractivity contribution is 6.30. The average Bonchev–Trinajstić information content (AvgIpc) is 2.69. The molecule has 1 heterocycles. The highest BCUT2D eigenvalue weighted by Crippen LogP contribution is 2.39. The van der Waals surface area contributed by atoms with Crippen LogP contribution in [-0.4, -0.2) is 23.9 Å². The molecule has 0 saturated heterocycles. The van der Waals surface area contributed by atoms with Crippen molar-refractivity contribution in [2.45, 2.75) is 39.2 Å². The molecule has 0 spiro atoms. The summed E-state index contributed by atoms with van der Waals surface area (Å²) >= 11 is 6.15. The number of halogens is 1. The largest absolute Gasteiger partial charge is 0.466 e. The van der Waals surface area contributed by atoms with Gasteiger partial charge in [0.15, 0.2) is 0 Å². The molecular weight excluding hydrogens is 374 g/mol. The first-order valence-electron chi connectivity index (χ1n) is 9.37. The van der Waals surface area contributed by atoms with Crippen molar-refractivity contribution in [1.29, 1.82) is 0 Å². The van der Waals surface area contributed by atoms with Gasteiger partial charge in [0.25, 0.3) is 0 Å². The Hall–Kier alpha value is -2.59. The van der Waals surface area contributed by atoms with Gasteiger partial charge in [0.1, 0.15) is 0 Å². The normalized spacial score (nSPS) is 17.1. The molecule has 0 saturated carbocycles. The molecule has 0 aliphatic carbocycles. The Morgan fingerprint density at radius 3 is 2.54 bits per heavy atom. The highest BCUT2D eigenvalue weighted by Gasteiger charge is 2.37. The number of rotatable bonds is 5. The van der Waals surface area contributed by atoms with Gasteiger partial charge in [0, 0.05) is 23.1 Å². The lowest BCUT2D eigenvalue weighted by Crippen LogP contribution is -2.38. The maximum absolute atomic E-state index is 13.1. The molecule has 1 aliphatic rings. The minimum Gasteiger partial charge on any atom is -0.466 e. The van der Waals surface area contributed by atoms with Crippen molar-refractivity contribution < 1.29 is 14.3 Å². The van der Waals surface area contributed by atoms with Crippen LogP contribution in [0.5, 0.6) is 0 Å². The quantitative estimate of drug-likeness (QED) is 0.667. The van der Waals surface area contributed by atoms with Crippen molar-refractivity contribution in [1.82, 2.24) is 4.90 Å². The van der Waals surface area contributed by atoms with Crippen LogP contribution < -0.4 is 0 Å². The van der Waals surface area contributed by atoms with E-state index in [0.29, 0.717) is 29.3 Å². The summed E-state index contributed by atoms with van der Waals surface area (Å²) in [7, 11) is 1.37. The molecule has 28 heavy (non-hydrogen) atoms. The number of benzene rings is 2. The maximum atomic E-state index is 13.1. The van der Waals surface area contributed by atoms with Crippen LogP contribution in [-0.2, 0) is 20.9 Å². The maximum Gasteiger partial charge on any atom is 0.336 e. The number of hydrogen-bond donors (Lipinski definition) is 0. The van der Waals surface area contributed by atoms with Crippen molar-refractivity contribution in [2.75, 3.05) is 7.11 Å². The number of nitrogens with zero attached hydrogens (tertiary/aromatic N) is 1. The molecular formula is C23H24ClNO3. The van der Waals surface area contributed by atoms with Crippen LogP contribution in [0.25, 0.3) is 0 Å². The molecule has 1 atom stereocenters. The van der Waals surface area contributed by atoms with Gasteiger partial charge < -0.3 is 9.64 Å². The summed E-state index contributed by atoms with van der Waals surface area (Å²) in [6, 6.07) is 15.4. The minimum atomic E-state index is -0.400. The van der Waals surface area contributed by atoms with E-state index in [1.165, 1.54) is 7.11 Å². The summed E-state index contributed by atoms with van der Waals surface area (Å²) in [4.78, 5) is 27.5. The number of carbonyl (C=O) groups excluding carboxylic acids is 2. The Bertz CT molecular complexity index is 918. The van der Waals surface area contributed by atoms with Crippen LogP contribution in [0.4, 0.5) is 0 Å². The molecule has 4 nitrogen and oxygen atoms in total. The van der Waals surface area contributed by atoms with Gasteiger partial charge in [-0.3, -0.25) is 4.79 Å². The van der Waals surface area contributed by atoms with Crippen molar-refractivity contribution >= 4 is 23.5 Å². The summed E-state index contributed by atoms with van der Waals surface area (Å²) in [5.41, 5.74) is 4.29. The first-order valence-corrected chi connectivity index (χ1v) is 9.75. The standard InChI is InChI=1S/C23H24ClNO3/c1-4-20-22(23(27)28-3)19(17-6-5-7-18(24)12-17)13-21(26)25(20)14-16-10-8-15(2)9-11-16/h5-12,19H,4,13-14H2,1-3H3/t19-/m0/s1. The van der Waals surface area contributed by atoms with E-state index in [1.807, 2.05) is 56.3 Å². The lowest BCUT2D eigenvalue weighted by Gasteiger charge is -2.35. The number of allylic oxidation sites excluding steroid dienone is 1. The van der Waals surface area contributed by atoms with Crippen LogP contribution in [0.2, 0.25) is 5.02 Å². The monoisotopic (exact) mass is 397 g/mol. The van der Waals surface area contributed by atoms with Crippen molar-refractivity contribution in [3.05, 3.63) is 81.5 Å². The fourth-order valence-corrected chi connectivity index (χ4v) is 3.90. The Kier molecular flexibility index (Phi) is 6.20. The fourth-order valence-electron chi connectivity index (χ4n) is 3.70. The molecule has 0 radical (unpaired) electrons. The van der Waals surface area contributed by atoms with E-state index in [2.05, 4.69) is 0 Å². The van der Waals surface area contributed by atoms with Crippen LogP contribution in [0.3, 0.4) is 0 Å². The van der Waals surface area contributed by atoms with E-state index in [1.54, 1.807) is 11.0 Å². The van der Waals surface area contributed by atoms with Crippen LogP contribution in [0.1, 0.15) is 42.4 Å². The molecule has 0 bridgehead atoms. The Labute approximate surface area is 170 Å². The molecule has 1 aliphatic heterocycles. The van der Waals surface area contributed by atoms with Gasteiger partial charge in [-0.1, -0.05) is 60.5 Å². The molecule has 0 unspecified atom stereocenters. The molecule has 0 aromatic heterocycles. The second kappa shape index (κ2) is 8.61. The van der Waals surface area contributed by atoms with Gasteiger partial charge in [-0.05, 0) is 36.6 Å². The summed E-state index contributed by atoms with van der Waals surface area (Å²) in [6.45, 7) is 4.41. The Morgan fingerprint density at radius 2 is 1.93 bits per heavy atom. The van der Waals surface area contributed by atoms with E-state index in [9.17, 15) is 9.59 Å². The van der Waals surface area contributed by atoms with E-state index in [0.717, 1.165) is 16.7 Å². The van der Waals surface area contributed by atoms with Crippen LogP contribution in [0, 0.1) is 6.92 Å². The van der Waals surface area contributed by atoms with Gasteiger partial charge in [-0.15, -0.1) is 0 Å². The third-order valence-electron chi connectivity index (χ3n) is 5.12. The zero-order valence-corrected chi connectivity index (χ0v) is 17.1. The summed E-state index contributed by atoms with van der Waals surface area (Å²) in [5, 5.41) is 0.578. The molecule has 3 rings (SSSR count). The molecule has 0 fully saturated rings. The van der Waals surface area contributed by atoms with Gasteiger partial charge in [-0.2, -0.15) is 0 Å². The zero-order chi connectivity index (χ0) is 20.3. The van der Waals surface area contributed by atoms with Gasteiger partial charge in [-0.25, -0.2) is 4.79 Å². The predicted molar refractivity (Wildman–Crippen MR) is 110 cm³/mol. The molecule has 2 aromatic rings. The summed E-state index contributed by atoms with van der Waals surface area (Å²) < 4.78 is 5.09. The van der Waals surface area contributed by atoms with Gasteiger partial charge >= 0.3 is 5.97 Å². The van der Waals surface area contributed by atoms with E-state index >= 15 is 0 Å². The second-order valence-corrected chi connectivity index (χ2v) is 7.42. The number of aryl methyl sites for hydroxylation is 1. The highest BCUT2D eigenvalue weighted by atomic mass is 35.5. The Morgan fingerprint density at radius 1 is 1.21 bits per heavy atom. The number of amides is 1. The topological polar surface area (TPSA) is 46.6 Å². The molecule has 2 aromatic carbocycles. The smallest absolute Gasteiger partial charge is 0.336 e. The van der Waals surface area contributed by atoms with Gasteiger partial charge in [0.2, 0.25) is 5.91 Å². The third-order valence-corrected chi connectivity index (χ3v) is 5.35. The Balaban J connectivity index is 2.07. The lowest BCUT2D eigenvalue weighted by molar-refractivity contribution is -0.138. The van der Waals surface area contributed by atoms with Crippen molar-refractivity contribution in [3.8, 4) is 0 Å². The average molecular weight is 398 g/mol. The SMILES string of the molecule is CCC1=C(C(=O)OC)[C@H](c2cccc(Cl)c2)CC(=O)N1Cc1ccc(C)cc1. The number of hydrogen-bond acceptors (Lipinski definition) is 3. The summed E-state index contributed by atoms with van der Waals surface area (Å²) in [5.74, 6) is -0.763. The fraction of sp³-hybridized carbons (Fsp3) is 0.304. The number of esters is 1. The van der Waals surface area contributed by atoms with Crippen LogP contribution >= 0.6 is 11.6 Å². The lowest BCUT2D eigenvalue weighted by atomic mass is 9.82. The van der Waals surface area contributed by atoms with Crippen molar-refractivity contribution in [2.24, 2.45) is 0 Å². The van der Waals surface area contributed by atoms with E-state index in [4.69, 9.17) is 16.3 Å². The second-order valence-electron chi connectivity index (χ2n) is 6.98. The van der Waals surface area contributed by atoms with Crippen LogP contribution in [0.15, 0.2) is 59.8 Å². The molecule has 5 heteroatoms. The summed E-state index contributed by atoms with van der Waals surface area (Å²) in [6.07, 6.45) is 0.763. The predicted octanol–water partition coefficient (Wildman–Crippen LogP) is 5.00. The zero-order valence-electron chi connectivity index (χ0n) is 16.4. The number of carbonyl (C=O) groups is 2. The first kappa shape index (κ1) is 20.2. The van der Waals surface area contributed by atoms with E-state index in [-0.39, 0.29) is 18.2 Å². The minimum absolute atomic E-state index is 0.00458. The van der Waals surface area contributed by atoms with Crippen molar-refractivity contribution in [3.63, 3.8) is 0 Å². The number of methoxy groups -OCH3 is 1. The van der Waals surface area contributed by atoms with Gasteiger partial charge in [0.05, 0.1) is 19.2 Å². The molecule has 1 amide bonds. The molecule has 146 valence electrons. The third kappa shape index (κ3) is 4.12. The van der Waals surface area contributed by atoms with E-state index < -0.39 is 5.97 Å². The molecule has 0 N–H and O–H groups in total. The number of ether oxygens (including phenoxy) is 1.